The Kier molecular flexibility index (Phi) is 9.41. The zero-order chi connectivity index (χ0) is 17.4. The summed E-state index contributed by atoms with van der Waals surface area (Å²) in [5, 5.41) is 10.8. The van der Waals surface area contributed by atoms with Crippen molar-refractivity contribution in [1.82, 2.24) is 4.90 Å². The number of ether oxygens (including phenoxy) is 1. The summed E-state index contributed by atoms with van der Waals surface area (Å²) in [7, 11) is 0. The number of hydrogen-bond donors (Lipinski definition) is 1. The van der Waals surface area contributed by atoms with Crippen LogP contribution in [0.25, 0.3) is 0 Å². The number of carbonyl (C=O) groups excluding carboxylic acids is 1. The van der Waals surface area contributed by atoms with Gasteiger partial charge in [-0.2, -0.15) is 0 Å². The van der Waals surface area contributed by atoms with E-state index in [4.69, 9.17) is 10.5 Å². The number of benzene rings is 1. The van der Waals surface area contributed by atoms with Gasteiger partial charge in [0.15, 0.2) is 0 Å². The van der Waals surface area contributed by atoms with E-state index < -0.39 is 4.92 Å². The van der Waals surface area contributed by atoms with Crippen LogP contribution >= 0.6 is 12.4 Å². The molecule has 1 aromatic rings. The van der Waals surface area contributed by atoms with E-state index in [9.17, 15) is 14.9 Å². The molecule has 0 radical (unpaired) electrons. The third-order valence-corrected chi connectivity index (χ3v) is 4.25. The SMILES string of the molecule is Cl.NCCCOC1CCN(C(=O)CCc2cccc([N+](=O)[O-])c2)CC1. The normalized spacial score (nSPS) is 14.8. The molecule has 1 aliphatic heterocycles. The Morgan fingerprint density at radius 2 is 2.08 bits per heavy atom. The minimum absolute atomic E-state index is 0. The monoisotopic (exact) mass is 371 g/mol. The first-order valence-corrected chi connectivity index (χ1v) is 8.43. The molecule has 0 atom stereocenters. The number of likely N-dealkylation sites (tertiary alicyclic amines) is 1. The second-order valence-electron chi connectivity index (χ2n) is 6.02. The average molecular weight is 372 g/mol. The molecule has 0 bridgehead atoms. The van der Waals surface area contributed by atoms with Crippen LogP contribution in [0.5, 0.6) is 0 Å². The Hall–Kier alpha value is -1.70. The largest absolute Gasteiger partial charge is 0.378 e. The number of amides is 1. The first-order valence-electron chi connectivity index (χ1n) is 8.43. The van der Waals surface area contributed by atoms with E-state index in [0.717, 1.165) is 24.8 Å². The minimum Gasteiger partial charge on any atom is -0.378 e. The quantitative estimate of drug-likeness (QED) is 0.429. The van der Waals surface area contributed by atoms with Gasteiger partial charge in [-0.25, -0.2) is 0 Å². The fraction of sp³-hybridized carbons (Fsp3) is 0.588. The third-order valence-electron chi connectivity index (χ3n) is 4.25. The molecule has 0 unspecified atom stereocenters. The number of piperidine rings is 1. The lowest BCUT2D eigenvalue weighted by Crippen LogP contribution is -2.41. The molecular formula is C17H26ClN3O4. The number of rotatable bonds is 8. The van der Waals surface area contributed by atoms with Crippen molar-refractivity contribution in [2.24, 2.45) is 5.73 Å². The zero-order valence-corrected chi connectivity index (χ0v) is 15.1. The number of non-ortho nitro benzene ring substituents is 1. The Morgan fingerprint density at radius 1 is 1.36 bits per heavy atom. The van der Waals surface area contributed by atoms with E-state index in [0.29, 0.717) is 39.1 Å². The molecule has 1 heterocycles. The third kappa shape index (κ3) is 6.97. The first kappa shape index (κ1) is 21.3. The van der Waals surface area contributed by atoms with Gasteiger partial charge in [0, 0.05) is 38.2 Å². The molecule has 0 spiro atoms. The van der Waals surface area contributed by atoms with Crippen molar-refractivity contribution in [1.29, 1.82) is 0 Å². The van der Waals surface area contributed by atoms with E-state index in [2.05, 4.69) is 0 Å². The second kappa shape index (κ2) is 11.0. The molecule has 7 nitrogen and oxygen atoms in total. The van der Waals surface area contributed by atoms with Gasteiger partial charge in [-0.05, 0) is 37.8 Å². The van der Waals surface area contributed by atoms with Gasteiger partial charge in [0.25, 0.3) is 5.69 Å². The van der Waals surface area contributed by atoms with E-state index in [1.165, 1.54) is 12.1 Å². The van der Waals surface area contributed by atoms with E-state index in [1.54, 1.807) is 6.07 Å². The molecule has 2 N–H and O–H groups in total. The summed E-state index contributed by atoms with van der Waals surface area (Å²) in [5.41, 5.74) is 6.33. The van der Waals surface area contributed by atoms with Gasteiger partial charge in [-0.1, -0.05) is 12.1 Å². The summed E-state index contributed by atoms with van der Waals surface area (Å²) in [4.78, 5) is 24.5. The molecular weight excluding hydrogens is 346 g/mol. The van der Waals surface area contributed by atoms with E-state index >= 15 is 0 Å². The van der Waals surface area contributed by atoms with Crippen LogP contribution < -0.4 is 5.73 Å². The summed E-state index contributed by atoms with van der Waals surface area (Å²) >= 11 is 0. The number of hydrogen-bond acceptors (Lipinski definition) is 5. The minimum atomic E-state index is -0.416. The fourth-order valence-corrected chi connectivity index (χ4v) is 2.84. The van der Waals surface area contributed by atoms with Gasteiger partial charge in [-0.3, -0.25) is 14.9 Å². The Balaban J connectivity index is 0.00000312. The van der Waals surface area contributed by atoms with Crippen molar-refractivity contribution >= 4 is 24.0 Å². The predicted molar refractivity (Wildman–Crippen MR) is 97.9 cm³/mol. The maximum absolute atomic E-state index is 12.3. The van der Waals surface area contributed by atoms with Crippen LogP contribution in [0.1, 0.15) is 31.2 Å². The van der Waals surface area contributed by atoms with Crippen molar-refractivity contribution in [3.63, 3.8) is 0 Å². The van der Waals surface area contributed by atoms with Crippen LogP contribution in [-0.4, -0.2) is 48.1 Å². The average Bonchev–Trinajstić information content (AvgIpc) is 2.60. The van der Waals surface area contributed by atoms with Crippen molar-refractivity contribution < 1.29 is 14.5 Å². The highest BCUT2D eigenvalue weighted by molar-refractivity contribution is 5.85. The molecule has 25 heavy (non-hydrogen) atoms. The molecule has 0 saturated carbocycles. The topological polar surface area (TPSA) is 98.7 Å². The van der Waals surface area contributed by atoms with Gasteiger partial charge in [0.2, 0.25) is 5.91 Å². The Bertz CT molecular complexity index is 563. The van der Waals surface area contributed by atoms with Crippen LogP contribution in [0.3, 0.4) is 0 Å². The molecule has 1 aromatic carbocycles. The summed E-state index contributed by atoms with van der Waals surface area (Å²) in [6, 6.07) is 6.46. The molecule has 1 amide bonds. The van der Waals surface area contributed by atoms with Crippen molar-refractivity contribution in [3.8, 4) is 0 Å². The van der Waals surface area contributed by atoms with E-state index in [-0.39, 0.29) is 30.1 Å². The maximum atomic E-state index is 12.3. The van der Waals surface area contributed by atoms with Crippen LogP contribution in [0.4, 0.5) is 5.69 Å². The molecule has 0 aromatic heterocycles. The lowest BCUT2D eigenvalue weighted by atomic mass is 10.1. The summed E-state index contributed by atoms with van der Waals surface area (Å²) in [6.07, 6.45) is 3.69. The van der Waals surface area contributed by atoms with Crippen LogP contribution in [0.2, 0.25) is 0 Å². The smallest absolute Gasteiger partial charge is 0.269 e. The number of carbonyl (C=O) groups is 1. The molecule has 1 aliphatic rings. The Morgan fingerprint density at radius 3 is 2.72 bits per heavy atom. The molecule has 2 rings (SSSR count). The second-order valence-corrected chi connectivity index (χ2v) is 6.02. The van der Waals surface area contributed by atoms with Crippen LogP contribution in [-0.2, 0) is 16.0 Å². The number of nitro benzene ring substituents is 1. The number of nitro groups is 1. The fourth-order valence-electron chi connectivity index (χ4n) is 2.84. The molecule has 140 valence electrons. The molecule has 8 heteroatoms. The number of nitrogens with two attached hydrogens (primary N) is 1. The molecule has 0 aliphatic carbocycles. The first-order chi connectivity index (χ1) is 11.6. The summed E-state index contributed by atoms with van der Waals surface area (Å²) < 4.78 is 5.73. The standard InChI is InChI=1S/C17H25N3O4.ClH/c18-9-2-12-24-16-7-10-19(11-8-16)17(21)6-5-14-3-1-4-15(13-14)20(22)23;/h1,3-4,13,16H,2,5-12,18H2;1H. The van der Waals surface area contributed by atoms with Crippen LogP contribution in [0, 0.1) is 10.1 Å². The van der Waals surface area contributed by atoms with Gasteiger partial charge in [0.05, 0.1) is 11.0 Å². The Labute approximate surface area is 154 Å². The number of nitrogens with zero attached hydrogens (tertiary/aromatic N) is 2. The maximum Gasteiger partial charge on any atom is 0.269 e. The van der Waals surface area contributed by atoms with Crippen molar-refractivity contribution in [3.05, 3.63) is 39.9 Å². The summed E-state index contributed by atoms with van der Waals surface area (Å²) in [6.45, 7) is 2.74. The van der Waals surface area contributed by atoms with Gasteiger partial charge < -0.3 is 15.4 Å². The van der Waals surface area contributed by atoms with E-state index in [1.807, 2.05) is 11.0 Å². The number of aryl methyl sites for hydroxylation is 1. The lowest BCUT2D eigenvalue weighted by molar-refractivity contribution is -0.384. The lowest BCUT2D eigenvalue weighted by Gasteiger charge is -2.32. The van der Waals surface area contributed by atoms with Crippen molar-refractivity contribution in [2.45, 2.75) is 38.2 Å². The predicted octanol–water partition coefficient (Wildman–Crippen LogP) is 2.31. The molecule has 1 fully saturated rings. The molecule has 1 saturated heterocycles. The number of halogens is 1. The van der Waals surface area contributed by atoms with Crippen molar-refractivity contribution in [2.75, 3.05) is 26.2 Å². The zero-order valence-electron chi connectivity index (χ0n) is 14.3. The van der Waals surface area contributed by atoms with Gasteiger partial charge in [-0.15, -0.1) is 12.4 Å². The highest BCUT2D eigenvalue weighted by atomic mass is 35.5. The van der Waals surface area contributed by atoms with Gasteiger partial charge >= 0.3 is 0 Å². The van der Waals surface area contributed by atoms with Crippen LogP contribution in [0.15, 0.2) is 24.3 Å². The highest BCUT2D eigenvalue weighted by Gasteiger charge is 2.22. The summed E-state index contributed by atoms with van der Waals surface area (Å²) in [5.74, 6) is 0.0990. The highest BCUT2D eigenvalue weighted by Crippen LogP contribution is 2.17. The van der Waals surface area contributed by atoms with Gasteiger partial charge in [0.1, 0.15) is 0 Å².